The third kappa shape index (κ3) is 2.89. The Balaban J connectivity index is 1.70. The molecular weight excluding hydrogens is 321 g/mol. The van der Waals surface area contributed by atoms with E-state index in [1.54, 1.807) is 35.0 Å². The van der Waals surface area contributed by atoms with Gasteiger partial charge in [-0.05, 0) is 42.7 Å². The van der Waals surface area contributed by atoms with Crippen molar-refractivity contribution >= 4 is 11.6 Å². The average molecular weight is 339 g/mol. The summed E-state index contributed by atoms with van der Waals surface area (Å²) >= 11 is 0. The number of imidazole rings is 1. The highest BCUT2D eigenvalue weighted by Gasteiger charge is 2.36. The lowest BCUT2D eigenvalue weighted by atomic mass is 9.82. The van der Waals surface area contributed by atoms with Crippen molar-refractivity contribution in [1.82, 2.24) is 14.7 Å². The minimum atomic E-state index is -0.564. The van der Waals surface area contributed by atoms with Gasteiger partial charge in [-0.1, -0.05) is 18.2 Å². The van der Waals surface area contributed by atoms with Crippen LogP contribution in [0.1, 0.15) is 28.9 Å². The molecule has 25 heavy (non-hydrogen) atoms. The van der Waals surface area contributed by atoms with Crippen molar-refractivity contribution in [3.05, 3.63) is 71.9 Å². The van der Waals surface area contributed by atoms with E-state index in [9.17, 15) is 9.18 Å². The topological polar surface area (TPSA) is 55.6 Å². The fourth-order valence-electron chi connectivity index (χ4n) is 3.39. The molecule has 6 heteroatoms. The maximum Gasteiger partial charge on any atom is 0.269 e. The zero-order chi connectivity index (χ0) is 17.3. The summed E-state index contributed by atoms with van der Waals surface area (Å²) in [6.07, 6.45) is 4.71. The lowest BCUT2D eigenvalue weighted by Gasteiger charge is -2.38. The van der Waals surface area contributed by atoms with Gasteiger partial charge in [0.05, 0.1) is 5.54 Å². The van der Waals surface area contributed by atoms with Crippen LogP contribution in [-0.4, -0.2) is 28.5 Å². The molecule has 1 aliphatic heterocycles. The van der Waals surface area contributed by atoms with E-state index < -0.39 is 5.54 Å². The summed E-state index contributed by atoms with van der Waals surface area (Å²) in [7, 11) is 0. The van der Waals surface area contributed by atoms with Gasteiger partial charge >= 0.3 is 0 Å². The van der Waals surface area contributed by atoms with Crippen LogP contribution in [0, 0.1) is 5.82 Å². The maximum absolute atomic E-state index is 13.3. The molecule has 0 radical (unpaired) electrons. The third-order valence-corrected chi connectivity index (χ3v) is 4.76. The van der Waals surface area contributed by atoms with E-state index in [0.29, 0.717) is 31.7 Å². The highest BCUT2D eigenvalue weighted by atomic mass is 19.1. The third-order valence-electron chi connectivity index (χ3n) is 4.76. The van der Waals surface area contributed by atoms with Crippen LogP contribution >= 0.6 is 0 Å². The first-order valence-corrected chi connectivity index (χ1v) is 8.26. The molecule has 1 N–H and O–H groups in total. The molecule has 1 amide bonds. The van der Waals surface area contributed by atoms with Crippen molar-refractivity contribution in [2.24, 2.45) is 0 Å². The van der Waals surface area contributed by atoms with Crippen LogP contribution in [0.2, 0.25) is 0 Å². The molecule has 5 nitrogen and oxygen atoms in total. The van der Waals surface area contributed by atoms with Crippen LogP contribution in [0.15, 0.2) is 54.9 Å². The molecule has 1 aliphatic rings. The van der Waals surface area contributed by atoms with Crippen LogP contribution in [-0.2, 0) is 10.3 Å². The van der Waals surface area contributed by atoms with Crippen molar-refractivity contribution in [2.45, 2.75) is 18.4 Å². The molecule has 4 rings (SSSR count). The summed E-state index contributed by atoms with van der Waals surface area (Å²) in [6.45, 7) is 1.10. The van der Waals surface area contributed by atoms with Crippen molar-refractivity contribution in [1.29, 1.82) is 0 Å². The first-order valence-electron chi connectivity index (χ1n) is 8.26. The fourth-order valence-corrected chi connectivity index (χ4v) is 3.39. The molecule has 0 bridgehead atoms. The molecule has 0 spiro atoms. The Morgan fingerprint density at radius 1 is 1.16 bits per heavy atom. The molecule has 1 fully saturated rings. The predicted octanol–water partition coefficient (Wildman–Crippen LogP) is 2.91. The van der Waals surface area contributed by atoms with Gasteiger partial charge in [0.1, 0.15) is 17.2 Å². The van der Waals surface area contributed by atoms with E-state index in [2.05, 4.69) is 10.3 Å². The minimum absolute atomic E-state index is 0.185. The largest absolute Gasteiger partial charge is 0.381 e. The summed E-state index contributed by atoms with van der Waals surface area (Å²) < 4.78 is 20.6. The Labute approximate surface area is 144 Å². The van der Waals surface area contributed by atoms with E-state index in [1.807, 2.05) is 12.1 Å². The number of carbonyl (C=O) groups excluding carboxylic acids is 1. The lowest BCUT2D eigenvalue weighted by Crippen LogP contribution is -2.49. The molecule has 3 aromatic rings. The Kier molecular flexibility index (Phi) is 3.97. The lowest BCUT2D eigenvalue weighted by molar-refractivity contribution is 0.0343. The van der Waals surface area contributed by atoms with Gasteiger partial charge in [0, 0.05) is 25.6 Å². The molecule has 3 heterocycles. The number of hydrogen-bond acceptors (Lipinski definition) is 3. The number of benzene rings is 1. The zero-order valence-corrected chi connectivity index (χ0v) is 13.6. The van der Waals surface area contributed by atoms with E-state index in [-0.39, 0.29) is 11.7 Å². The van der Waals surface area contributed by atoms with Crippen LogP contribution in [0.5, 0.6) is 0 Å². The second-order valence-corrected chi connectivity index (χ2v) is 6.22. The summed E-state index contributed by atoms with van der Waals surface area (Å²) in [4.78, 5) is 17.2. The SMILES string of the molecule is O=C(NC1(c2ccc(F)cc2)CCOCC1)c1cccc2nccn12. The van der Waals surface area contributed by atoms with E-state index in [1.165, 1.54) is 12.1 Å². The highest BCUT2D eigenvalue weighted by Crippen LogP contribution is 2.32. The van der Waals surface area contributed by atoms with Crippen LogP contribution in [0.4, 0.5) is 4.39 Å². The van der Waals surface area contributed by atoms with E-state index in [0.717, 1.165) is 11.2 Å². The maximum atomic E-state index is 13.3. The second kappa shape index (κ2) is 6.29. The number of fused-ring (bicyclic) bond motifs is 1. The number of rotatable bonds is 3. The Bertz CT molecular complexity index is 898. The number of halogens is 1. The van der Waals surface area contributed by atoms with Crippen molar-refractivity contribution in [3.8, 4) is 0 Å². The highest BCUT2D eigenvalue weighted by molar-refractivity contribution is 5.93. The molecule has 0 aliphatic carbocycles. The van der Waals surface area contributed by atoms with Crippen molar-refractivity contribution in [2.75, 3.05) is 13.2 Å². The van der Waals surface area contributed by atoms with E-state index >= 15 is 0 Å². The van der Waals surface area contributed by atoms with Gasteiger partial charge in [-0.3, -0.25) is 9.20 Å². The monoisotopic (exact) mass is 339 g/mol. The minimum Gasteiger partial charge on any atom is -0.381 e. The van der Waals surface area contributed by atoms with Gasteiger partial charge in [-0.2, -0.15) is 0 Å². The normalized spacial score (nSPS) is 16.7. The van der Waals surface area contributed by atoms with Crippen LogP contribution in [0.25, 0.3) is 5.65 Å². The summed E-state index contributed by atoms with van der Waals surface area (Å²) in [5.74, 6) is -0.477. The predicted molar refractivity (Wildman–Crippen MR) is 90.8 cm³/mol. The average Bonchev–Trinajstić information content (AvgIpc) is 3.11. The Hall–Kier alpha value is -2.73. The van der Waals surface area contributed by atoms with Gasteiger partial charge in [0.25, 0.3) is 5.91 Å². The molecule has 1 saturated heterocycles. The number of nitrogens with zero attached hydrogens (tertiary/aromatic N) is 2. The standard InChI is InChI=1S/C19H18FN3O2/c20-15-6-4-14(5-7-15)19(8-12-25-13-9-19)22-18(24)16-2-1-3-17-21-10-11-23(16)17/h1-7,10-11H,8-9,12-13H2,(H,22,24). The number of amides is 1. The van der Waals surface area contributed by atoms with Gasteiger partial charge in [0.2, 0.25) is 0 Å². The van der Waals surface area contributed by atoms with Crippen LogP contribution in [0.3, 0.4) is 0 Å². The Morgan fingerprint density at radius 2 is 1.92 bits per heavy atom. The number of ether oxygens (including phenoxy) is 1. The van der Waals surface area contributed by atoms with Gasteiger partial charge in [-0.25, -0.2) is 9.37 Å². The quantitative estimate of drug-likeness (QED) is 0.798. The molecule has 2 aromatic heterocycles. The van der Waals surface area contributed by atoms with Gasteiger partial charge in [-0.15, -0.1) is 0 Å². The van der Waals surface area contributed by atoms with Gasteiger partial charge in [0.15, 0.2) is 0 Å². The Morgan fingerprint density at radius 3 is 2.68 bits per heavy atom. The molecule has 0 unspecified atom stereocenters. The number of pyridine rings is 1. The molecule has 0 saturated carbocycles. The van der Waals surface area contributed by atoms with Crippen molar-refractivity contribution in [3.63, 3.8) is 0 Å². The number of carbonyl (C=O) groups is 1. The van der Waals surface area contributed by atoms with Crippen LogP contribution < -0.4 is 5.32 Å². The fraction of sp³-hybridized carbons (Fsp3) is 0.263. The zero-order valence-electron chi connectivity index (χ0n) is 13.6. The number of aromatic nitrogens is 2. The summed E-state index contributed by atoms with van der Waals surface area (Å²) in [6, 6.07) is 11.7. The second-order valence-electron chi connectivity index (χ2n) is 6.22. The molecule has 128 valence electrons. The summed E-state index contributed by atoms with van der Waals surface area (Å²) in [5, 5.41) is 3.18. The summed E-state index contributed by atoms with van der Waals surface area (Å²) in [5.41, 5.74) is 1.56. The first kappa shape index (κ1) is 15.8. The van der Waals surface area contributed by atoms with Crippen molar-refractivity contribution < 1.29 is 13.9 Å². The molecular formula is C19H18FN3O2. The molecule has 0 atom stereocenters. The number of nitrogens with one attached hydrogen (secondary N) is 1. The van der Waals surface area contributed by atoms with E-state index in [4.69, 9.17) is 4.74 Å². The number of hydrogen-bond donors (Lipinski definition) is 1. The van der Waals surface area contributed by atoms with Gasteiger partial charge < -0.3 is 10.1 Å². The molecule has 1 aromatic carbocycles. The smallest absolute Gasteiger partial charge is 0.269 e. The first-order chi connectivity index (χ1) is 12.2.